The predicted molar refractivity (Wildman–Crippen MR) is 112 cm³/mol. The monoisotopic (exact) mass is 410 g/mol. The number of hydrogen-bond acceptors (Lipinski definition) is 3. The minimum absolute atomic E-state index is 0.0408. The van der Waals surface area contributed by atoms with Gasteiger partial charge in [0.1, 0.15) is 12.4 Å². The van der Waals surface area contributed by atoms with Crippen LogP contribution in [0.2, 0.25) is 0 Å². The maximum absolute atomic E-state index is 13.7. The second-order valence-corrected chi connectivity index (χ2v) is 8.78. The molecule has 2 bridgehead atoms. The number of anilines is 1. The lowest BCUT2D eigenvalue weighted by Gasteiger charge is -2.56. The Balaban J connectivity index is 1.24. The highest BCUT2D eigenvalue weighted by atomic mass is 19.1. The summed E-state index contributed by atoms with van der Waals surface area (Å²) in [7, 11) is 0. The van der Waals surface area contributed by atoms with Crippen LogP contribution in [-0.4, -0.2) is 28.1 Å². The summed E-state index contributed by atoms with van der Waals surface area (Å²) in [6.07, 6.45) is 8.67. The highest BCUT2D eigenvalue weighted by Gasteiger charge is 2.50. The van der Waals surface area contributed by atoms with E-state index in [-0.39, 0.29) is 18.0 Å². The van der Waals surface area contributed by atoms with E-state index < -0.39 is 11.7 Å². The van der Waals surface area contributed by atoms with Gasteiger partial charge in [-0.1, -0.05) is 37.6 Å². The van der Waals surface area contributed by atoms with Gasteiger partial charge in [-0.3, -0.25) is 14.3 Å². The number of hydrogen-bond donors (Lipinski definition) is 2. The first-order chi connectivity index (χ1) is 14.3. The highest BCUT2D eigenvalue weighted by Crippen LogP contribution is 2.59. The van der Waals surface area contributed by atoms with Gasteiger partial charge in [-0.15, -0.1) is 0 Å². The number of rotatable bonds is 7. The van der Waals surface area contributed by atoms with Crippen molar-refractivity contribution >= 4 is 17.5 Å². The number of amides is 2. The van der Waals surface area contributed by atoms with Gasteiger partial charge in [0.05, 0.1) is 17.4 Å². The molecule has 2 amide bonds. The number of carbonyl (C=O) groups is 2. The summed E-state index contributed by atoms with van der Waals surface area (Å²) in [4.78, 5) is 24.4. The maximum Gasteiger partial charge on any atom is 0.258 e. The summed E-state index contributed by atoms with van der Waals surface area (Å²) >= 11 is 0. The highest BCUT2D eigenvalue weighted by molar-refractivity contribution is 6.04. The van der Waals surface area contributed by atoms with Gasteiger partial charge >= 0.3 is 0 Å². The van der Waals surface area contributed by atoms with Crippen molar-refractivity contribution in [2.45, 2.75) is 39.7 Å². The normalized spacial score (nSPS) is 21.4. The average Bonchev–Trinajstić information content (AvgIpc) is 3.14. The fourth-order valence-corrected chi connectivity index (χ4v) is 4.67. The second-order valence-electron chi connectivity index (χ2n) is 8.78. The molecule has 3 aliphatic carbocycles. The van der Waals surface area contributed by atoms with Crippen molar-refractivity contribution in [3.63, 3.8) is 0 Å². The molecule has 0 saturated heterocycles. The SMILES string of the molecule is CC1(C)[C@H]2CC=C(CCNC(=O)Cn3cc(NC(=O)c4ccccc4F)cn3)[C@@H]1C2. The van der Waals surface area contributed by atoms with Crippen molar-refractivity contribution in [1.29, 1.82) is 0 Å². The summed E-state index contributed by atoms with van der Waals surface area (Å²) in [6, 6.07) is 5.77. The molecular formula is C23H27FN4O2. The van der Waals surface area contributed by atoms with E-state index in [4.69, 9.17) is 0 Å². The van der Waals surface area contributed by atoms with Crippen molar-refractivity contribution in [3.8, 4) is 0 Å². The molecule has 1 saturated carbocycles. The summed E-state index contributed by atoms with van der Waals surface area (Å²) in [5, 5.41) is 9.64. The van der Waals surface area contributed by atoms with Crippen LogP contribution in [0.1, 0.15) is 43.5 Å². The Labute approximate surface area is 175 Å². The van der Waals surface area contributed by atoms with Crippen molar-refractivity contribution < 1.29 is 14.0 Å². The number of nitrogens with zero attached hydrogens (tertiary/aromatic N) is 2. The topological polar surface area (TPSA) is 76.0 Å². The largest absolute Gasteiger partial charge is 0.354 e. The predicted octanol–water partition coefficient (Wildman–Crippen LogP) is 3.77. The zero-order valence-corrected chi connectivity index (χ0v) is 17.3. The number of aromatic nitrogens is 2. The molecule has 1 heterocycles. The molecule has 1 aromatic carbocycles. The zero-order valence-electron chi connectivity index (χ0n) is 17.3. The molecule has 2 N–H and O–H groups in total. The molecule has 158 valence electrons. The zero-order chi connectivity index (χ0) is 21.3. The molecule has 7 heteroatoms. The Morgan fingerprint density at radius 2 is 2.10 bits per heavy atom. The number of carbonyl (C=O) groups excluding carboxylic acids is 2. The van der Waals surface area contributed by atoms with E-state index >= 15 is 0 Å². The standard InChI is InChI=1S/C23H27FN4O2/c1-23(2)16-8-7-15(19(23)11-16)9-10-25-21(29)14-28-13-17(12-26-28)27-22(30)18-5-3-4-6-20(18)24/h3-7,12-13,16,19H,8-11,14H2,1-2H3,(H,25,29)(H,27,30)/t16-,19-/m0/s1. The quantitative estimate of drug-likeness (QED) is 0.682. The second kappa shape index (κ2) is 8.05. The fourth-order valence-electron chi connectivity index (χ4n) is 4.67. The molecule has 0 unspecified atom stereocenters. The molecule has 30 heavy (non-hydrogen) atoms. The van der Waals surface area contributed by atoms with Gasteiger partial charge in [0.2, 0.25) is 5.91 Å². The van der Waals surface area contributed by atoms with E-state index in [1.807, 2.05) is 0 Å². The molecule has 2 atom stereocenters. The lowest BCUT2D eigenvalue weighted by atomic mass is 9.48. The molecule has 1 fully saturated rings. The Hall–Kier alpha value is -2.96. The summed E-state index contributed by atoms with van der Waals surface area (Å²) in [5.74, 6) is 0.190. The van der Waals surface area contributed by atoms with E-state index in [0.29, 0.717) is 23.6 Å². The van der Waals surface area contributed by atoms with Crippen LogP contribution in [0.5, 0.6) is 0 Å². The van der Waals surface area contributed by atoms with Crippen LogP contribution in [0.3, 0.4) is 0 Å². The van der Waals surface area contributed by atoms with Gasteiger partial charge < -0.3 is 10.6 Å². The third-order valence-corrected chi connectivity index (χ3v) is 6.63. The Morgan fingerprint density at radius 3 is 2.83 bits per heavy atom. The molecule has 1 aromatic heterocycles. The number of benzene rings is 1. The van der Waals surface area contributed by atoms with E-state index in [9.17, 15) is 14.0 Å². The maximum atomic E-state index is 13.7. The van der Waals surface area contributed by atoms with E-state index in [1.165, 1.54) is 41.1 Å². The average molecular weight is 410 g/mol. The summed E-state index contributed by atoms with van der Waals surface area (Å²) in [5.41, 5.74) is 2.23. The molecule has 5 rings (SSSR count). The molecular weight excluding hydrogens is 383 g/mol. The molecule has 3 aliphatic rings. The van der Waals surface area contributed by atoms with Crippen LogP contribution in [0.25, 0.3) is 0 Å². The smallest absolute Gasteiger partial charge is 0.258 e. The van der Waals surface area contributed by atoms with Gasteiger partial charge in [-0.05, 0) is 48.6 Å². The van der Waals surface area contributed by atoms with Crippen LogP contribution >= 0.6 is 0 Å². The first kappa shape index (κ1) is 20.3. The van der Waals surface area contributed by atoms with Crippen molar-refractivity contribution in [1.82, 2.24) is 15.1 Å². The molecule has 0 spiro atoms. The minimum atomic E-state index is -0.587. The van der Waals surface area contributed by atoms with E-state index in [1.54, 1.807) is 12.3 Å². The number of nitrogens with one attached hydrogen (secondary N) is 2. The van der Waals surface area contributed by atoms with Crippen molar-refractivity contribution in [3.05, 3.63) is 59.7 Å². The first-order valence-corrected chi connectivity index (χ1v) is 10.4. The summed E-state index contributed by atoms with van der Waals surface area (Å²) < 4.78 is 15.2. The molecule has 0 radical (unpaired) electrons. The van der Waals surface area contributed by atoms with Gasteiger partial charge in [-0.25, -0.2) is 4.39 Å². The van der Waals surface area contributed by atoms with Crippen molar-refractivity contribution in [2.24, 2.45) is 17.3 Å². The first-order valence-electron chi connectivity index (χ1n) is 10.4. The van der Waals surface area contributed by atoms with Gasteiger partial charge in [0.25, 0.3) is 5.91 Å². The lowest BCUT2D eigenvalue weighted by molar-refractivity contribution is -0.121. The van der Waals surface area contributed by atoms with Crippen LogP contribution in [0.4, 0.5) is 10.1 Å². The molecule has 0 aliphatic heterocycles. The van der Waals surface area contributed by atoms with Crippen LogP contribution in [-0.2, 0) is 11.3 Å². The van der Waals surface area contributed by atoms with Gasteiger partial charge in [-0.2, -0.15) is 5.10 Å². The van der Waals surface area contributed by atoms with E-state index in [2.05, 4.69) is 35.7 Å². The third kappa shape index (κ3) is 4.01. The van der Waals surface area contributed by atoms with E-state index in [0.717, 1.165) is 18.8 Å². The number of fused-ring (bicyclic) bond motifs is 1. The van der Waals surface area contributed by atoms with Crippen LogP contribution in [0.15, 0.2) is 48.3 Å². The Morgan fingerprint density at radius 1 is 1.30 bits per heavy atom. The molecule has 2 aromatic rings. The summed E-state index contributed by atoms with van der Waals surface area (Å²) in [6.45, 7) is 5.36. The third-order valence-electron chi connectivity index (χ3n) is 6.63. The van der Waals surface area contributed by atoms with Gasteiger partial charge in [0, 0.05) is 12.7 Å². The Bertz CT molecular complexity index is 995. The van der Waals surface area contributed by atoms with Gasteiger partial charge in [0.15, 0.2) is 0 Å². The number of halogens is 1. The fraction of sp³-hybridized carbons (Fsp3) is 0.435. The lowest BCUT2D eigenvalue weighted by Crippen LogP contribution is -2.48. The molecule has 6 nitrogen and oxygen atoms in total. The number of allylic oxidation sites excluding steroid dienone is 1. The van der Waals surface area contributed by atoms with Crippen LogP contribution in [0, 0.1) is 23.1 Å². The Kier molecular flexibility index (Phi) is 5.45. The minimum Gasteiger partial charge on any atom is -0.354 e. The van der Waals surface area contributed by atoms with Crippen LogP contribution < -0.4 is 10.6 Å². The van der Waals surface area contributed by atoms with Crippen molar-refractivity contribution in [2.75, 3.05) is 11.9 Å².